The highest BCUT2D eigenvalue weighted by atomic mass is 16.6. The minimum atomic E-state index is -0.465. The number of carbonyl (C=O) groups excluding carboxylic acids is 1. The molecule has 0 radical (unpaired) electrons. The molecule has 1 aliphatic rings. The molecule has 1 amide bonds. The molecule has 0 spiro atoms. The van der Waals surface area contributed by atoms with E-state index in [-0.39, 0.29) is 17.6 Å². The Morgan fingerprint density at radius 2 is 2.12 bits per heavy atom. The average molecular weight is 341 g/mol. The fourth-order valence-corrected chi connectivity index (χ4v) is 3.01. The maximum absolute atomic E-state index is 12.5. The molecular weight excluding hydrogens is 322 g/mol. The number of benzene rings is 1. The number of piperidine rings is 1. The number of nitro groups is 1. The van der Waals surface area contributed by atoms with Crippen molar-refractivity contribution in [1.29, 1.82) is 0 Å². The lowest BCUT2D eigenvalue weighted by molar-refractivity contribution is -0.384. The highest BCUT2D eigenvalue weighted by Crippen LogP contribution is 2.19. The van der Waals surface area contributed by atoms with Crippen LogP contribution in [0, 0.1) is 17.0 Å². The van der Waals surface area contributed by atoms with Crippen LogP contribution in [0.25, 0.3) is 0 Å². The van der Waals surface area contributed by atoms with Gasteiger partial charge in [-0.05, 0) is 37.5 Å². The molecule has 130 valence electrons. The van der Waals surface area contributed by atoms with Gasteiger partial charge in [0.1, 0.15) is 0 Å². The first-order chi connectivity index (χ1) is 12.0. The van der Waals surface area contributed by atoms with Crippen molar-refractivity contribution >= 4 is 17.5 Å². The first-order valence-electron chi connectivity index (χ1n) is 8.12. The molecule has 2 heterocycles. The molecule has 3 rings (SSSR count). The van der Waals surface area contributed by atoms with Crippen molar-refractivity contribution in [3.63, 3.8) is 0 Å². The predicted molar refractivity (Wildman–Crippen MR) is 92.6 cm³/mol. The van der Waals surface area contributed by atoms with Gasteiger partial charge in [0.25, 0.3) is 11.6 Å². The molecule has 1 aliphatic heterocycles. The number of rotatable bonds is 4. The van der Waals surface area contributed by atoms with Crippen LogP contribution < -0.4 is 10.2 Å². The smallest absolute Gasteiger partial charge is 0.269 e. The number of hydrogen-bond donors (Lipinski definition) is 1. The van der Waals surface area contributed by atoms with Crippen LogP contribution in [0.5, 0.6) is 0 Å². The average Bonchev–Trinajstić information content (AvgIpc) is 2.62. The van der Waals surface area contributed by atoms with Crippen LogP contribution in [0.4, 0.5) is 11.6 Å². The van der Waals surface area contributed by atoms with Crippen LogP contribution in [-0.2, 0) is 0 Å². The molecule has 1 fully saturated rings. The Morgan fingerprint density at radius 1 is 1.36 bits per heavy atom. The minimum Gasteiger partial charge on any atom is -0.348 e. The van der Waals surface area contributed by atoms with E-state index < -0.39 is 4.92 Å². The normalized spacial score (nSPS) is 17.2. The van der Waals surface area contributed by atoms with Crippen LogP contribution in [0.2, 0.25) is 0 Å². The standard InChI is InChI=1S/C17H19N5O3/c1-12-10-14(22(24)25)5-6-15(12)16(23)20-13-4-2-9-21(11-13)17-18-7-3-8-19-17/h3,5-8,10,13H,2,4,9,11H2,1H3,(H,20,23). The number of aromatic nitrogens is 2. The maximum Gasteiger partial charge on any atom is 0.269 e. The molecule has 1 N–H and O–H groups in total. The lowest BCUT2D eigenvalue weighted by atomic mass is 10.0. The monoisotopic (exact) mass is 341 g/mol. The predicted octanol–water partition coefficient (Wildman–Crippen LogP) is 2.09. The van der Waals surface area contributed by atoms with E-state index in [1.807, 2.05) is 0 Å². The zero-order chi connectivity index (χ0) is 17.8. The number of anilines is 1. The highest BCUT2D eigenvalue weighted by molar-refractivity contribution is 5.96. The van der Waals surface area contributed by atoms with Gasteiger partial charge >= 0.3 is 0 Å². The molecule has 1 aromatic carbocycles. The van der Waals surface area contributed by atoms with Gasteiger partial charge in [0, 0.05) is 49.2 Å². The summed E-state index contributed by atoms with van der Waals surface area (Å²) in [6, 6.07) is 6.03. The molecule has 0 aliphatic carbocycles. The third-order valence-corrected chi connectivity index (χ3v) is 4.26. The highest BCUT2D eigenvalue weighted by Gasteiger charge is 2.24. The largest absolute Gasteiger partial charge is 0.348 e. The van der Waals surface area contributed by atoms with Crippen molar-refractivity contribution in [3.05, 3.63) is 57.9 Å². The fraction of sp³-hybridized carbons (Fsp3) is 0.353. The Labute approximate surface area is 145 Å². The van der Waals surface area contributed by atoms with Crippen LogP contribution in [0.3, 0.4) is 0 Å². The van der Waals surface area contributed by atoms with E-state index in [0.29, 0.717) is 23.6 Å². The molecule has 0 bridgehead atoms. The molecule has 25 heavy (non-hydrogen) atoms. The van der Waals surface area contributed by atoms with E-state index in [4.69, 9.17) is 0 Å². The number of nitrogens with one attached hydrogen (secondary N) is 1. The van der Waals surface area contributed by atoms with Crippen LogP contribution >= 0.6 is 0 Å². The lowest BCUT2D eigenvalue weighted by Gasteiger charge is -2.33. The summed E-state index contributed by atoms with van der Waals surface area (Å²) < 4.78 is 0. The summed E-state index contributed by atoms with van der Waals surface area (Å²) in [5, 5.41) is 13.8. The van der Waals surface area contributed by atoms with Crippen molar-refractivity contribution < 1.29 is 9.72 Å². The summed E-state index contributed by atoms with van der Waals surface area (Å²) in [4.78, 5) is 33.4. The van der Waals surface area contributed by atoms with E-state index >= 15 is 0 Å². The van der Waals surface area contributed by atoms with E-state index in [9.17, 15) is 14.9 Å². The van der Waals surface area contributed by atoms with E-state index in [2.05, 4.69) is 20.2 Å². The van der Waals surface area contributed by atoms with Crippen molar-refractivity contribution in [1.82, 2.24) is 15.3 Å². The molecule has 2 aromatic rings. The van der Waals surface area contributed by atoms with Crippen LogP contribution in [-0.4, -0.2) is 39.9 Å². The zero-order valence-electron chi connectivity index (χ0n) is 13.9. The van der Waals surface area contributed by atoms with Gasteiger partial charge in [-0.15, -0.1) is 0 Å². The fourth-order valence-electron chi connectivity index (χ4n) is 3.01. The van der Waals surface area contributed by atoms with Gasteiger partial charge in [0.05, 0.1) is 4.92 Å². The molecule has 0 saturated carbocycles. The third-order valence-electron chi connectivity index (χ3n) is 4.26. The second-order valence-electron chi connectivity index (χ2n) is 6.06. The van der Waals surface area contributed by atoms with Gasteiger partial charge in [-0.25, -0.2) is 9.97 Å². The third kappa shape index (κ3) is 3.90. The number of hydrogen-bond acceptors (Lipinski definition) is 6. The van der Waals surface area contributed by atoms with Crippen LogP contribution in [0.15, 0.2) is 36.7 Å². The summed E-state index contributed by atoms with van der Waals surface area (Å²) in [5.41, 5.74) is 1.03. The van der Waals surface area contributed by atoms with Crippen molar-refractivity contribution in [2.24, 2.45) is 0 Å². The Bertz CT molecular complexity index is 781. The second kappa shape index (κ2) is 7.25. The van der Waals surface area contributed by atoms with Crippen molar-refractivity contribution in [2.45, 2.75) is 25.8 Å². The summed E-state index contributed by atoms with van der Waals surface area (Å²) in [7, 11) is 0. The first kappa shape index (κ1) is 16.8. The minimum absolute atomic E-state index is 0.0142. The molecular formula is C17H19N5O3. The van der Waals surface area contributed by atoms with Gasteiger partial charge in [-0.2, -0.15) is 0 Å². The number of nitro benzene ring substituents is 1. The van der Waals surface area contributed by atoms with Gasteiger partial charge < -0.3 is 10.2 Å². The SMILES string of the molecule is Cc1cc([N+](=O)[O-])ccc1C(=O)NC1CCCN(c2ncccn2)C1. The van der Waals surface area contributed by atoms with Gasteiger partial charge in [0.2, 0.25) is 5.95 Å². The van der Waals surface area contributed by atoms with Crippen molar-refractivity contribution in [3.8, 4) is 0 Å². The molecule has 1 saturated heterocycles. The zero-order valence-corrected chi connectivity index (χ0v) is 13.9. The summed E-state index contributed by atoms with van der Waals surface area (Å²) >= 11 is 0. The summed E-state index contributed by atoms with van der Waals surface area (Å²) in [6.45, 7) is 3.20. The molecule has 1 unspecified atom stereocenters. The van der Waals surface area contributed by atoms with Gasteiger partial charge in [-0.1, -0.05) is 0 Å². The summed E-state index contributed by atoms with van der Waals surface area (Å²) in [5.74, 6) is 0.446. The number of amides is 1. The molecule has 1 aromatic heterocycles. The maximum atomic E-state index is 12.5. The molecule has 8 heteroatoms. The van der Waals surface area contributed by atoms with E-state index in [0.717, 1.165) is 19.4 Å². The second-order valence-corrected chi connectivity index (χ2v) is 6.06. The number of carbonyl (C=O) groups is 1. The lowest BCUT2D eigenvalue weighted by Crippen LogP contribution is -2.48. The quantitative estimate of drug-likeness (QED) is 0.675. The van der Waals surface area contributed by atoms with Gasteiger partial charge in [0.15, 0.2) is 0 Å². The Morgan fingerprint density at radius 3 is 2.80 bits per heavy atom. The Hall–Kier alpha value is -3.03. The Kier molecular flexibility index (Phi) is 4.87. The number of non-ortho nitro benzene ring substituents is 1. The van der Waals surface area contributed by atoms with E-state index in [1.54, 1.807) is 25.4 Å². The summed E-state index contributed by atoms with van der Waals surface area (Å²) in [6.07, 6.45) is 5.21. The number of aryl methyl sites for hydroxylation is 1. The topological polar surface area (TPSA) is 101 Å². The Balaban J connectivity index is 1.67. The van der Waals surface area contributed by atoms with Gasteiger partial charge in [-0.3, -0.25) is 14.9 Å². The van der Waals surface area contributed by atoms with Crippen molar-refractivity contribution in [2.75, 3.05) is 18.0 Å². The van der Waals surface area contributed by atoms with E-state index in [1.165, 1.54) is 18.2 Å². The first-order valence-corrected chi connectivity index (χ1v) is 8.12. The van der Waals surface area contributed by atoms with Crippen LogP contribution in [0.1, 0.15) is 28.8 Å². The molecule has 8 nitrogen and oxygen atoms in total. The molecule has 1 atom stereocenters. The number of nitrogens with zero attached hydrogens (tertiary/aromatic N) is 4.